The van der Waals surface area contributed by atoms with Gasteiger partial charge in [0, 0.05) is 29.6 Å². The maximum atomic E-state index is 14.0. The third-order valence-corrected chi connectivity index (χ3v) is 3.95. The lowest BCUT2D eigenvalue weighted by atomic mass is 10.2. The molecule has 2 N–H and O–H groups in total. The number of nitrogens with zero attached hydrogens (tertiary/aromatic N) is 1. The van der Waals surface area contributed by atoms with Gasteiger partial charge in [0.1, 0.15) is 11.5 Å². The molecular weight excluding hydrogens is 307 g/mol. The van der Waals surface area contributed by atoms with E-state index in [1.165, 1.54) is 6.07 Å². The molecule has 3 rings (SSSR count). The van der Waals surface area contributed by atoms with E-state index in [0.717, 1.165) is 10.9 Å². The summed E-state index contributed by atoms with van der Waals surface area (Å²) in [6.45, 7) is 0.706. The average molecular weight is 326 g/mol. The molecule has 4 nitrogen and oxygen atoms in total. The van der Waals surface area contributed by atoms with Crippen LogP contribution in [0.3, 0.4) is 0 Å². The lowest BCUT2D eigenvalue weighted by Gasteiger charge is -2.12. The van der Waals surface area contributed by atoms with Crippen LogP contribution in [-0.2, 0) is 6.54 Å². The van der Waals surface area contributed by atoms with E-state index in [9.17, 15) is 9.18 Å². The number of halogens is 1. The first-order valence-electron chi connectivity index (χ1n) is 7.91. The van der Waals surface area contributed by atoms with Gasteiger partial charge in [-0.3, -0.25) is 4.79 Å². The number of para-hydroxylation sites is 1. The summed E-state index contributed by atoms with van der Waals surface area (Å²) in [5.74, 6) is -0.516. The molecule has 5 heteroatoms. The fourth-order valence-corrected chi connectivity index (χ4v) is 2.74. The van der Waals surface area contributed by atoms with E-state index in [-0.39, 0.29) is 24.9 Å². The number of carbonyl (C=O) groups is 1. The first-order chi connectivity index (χ1) is 11.7. The number of rotatable bonds is 6. The highest BCUT2D eigenvalue weighted by atomic mass is 19.1. The van der Waals surface area contributed by atoms with Crippen molar-refractivity contribution in [3.05, 3.63) is 71.7 Å². The lowest BCUT2D eigenvalue weighted by Crippen LogP contribution is -2.27. The zero-order chi connectivity index (χ0) is 16.9. The van der Waals surface area contributed by atoms with Gasteiger partial charge in [0.05, 0.1) is 6.54 Å². The minimum Gasteiger partial charge on any atom is -0.396 e. The number of amides is 1. The second kappa shape index (κ2) is 7.27. The minimum atomic E-state index is -0.290. The lowest BCUT2D eigenvalue weighted by molar-refractivity contribution is 0.0942. The Morgan fingerprint density at radius 1 is 1.12 bits per heavy atom. The zero-order valence-electron chi connectivity index (χ0n) is 13.2. The summed E-state index contributed by atoms with van der Waals surface area (Å²) in [6, 6.07) is 16.0. The highest BCUT2D eigenvalue weighted by molar-refractivity contribution is 5.98. The first-order valence-corrected chi connectivity index (χ1v) is 7.91. The van der Waals surface area contributed by atoms with E-state index in [4.69, 9.17) is 5.11 Å². The molecule has 124 valence electrons. The molecule has 0 saturated carbocycles. The van der Waals surface area contributed by atoms with Crippen LogP contribution in [0, 0.1) is 5.82 Å². The number of carbonyl (C=O) groups excluding carboxylic acids is 1. The normalized spacial score (nSPS) is 10.9. The van der Waals surface area contributed by atoms with Gasteiger partial charge in [-0.15, -0.1) is 0 Å². The van der Waals surface area contributed by atoms with Gasteiger partial charge in [-0.2, -0.15) is 0 Å². The highest BCUT2D eigenvalue weighted by Crippen LogP contribution is 2.22. The van der Waals surface area contributed by atoms with E-state index in [1.807, 2.05) is 34.9 Å². The Balaban J connectivity index is 1.99. The van der Waals surface area contributed by atoms with E-state index in [0.29, 0.717) is 24.2 Å². The number of hydrogen-bond acceptors (Lipinski definition) is 2. The van der Waals surface area contributed by atoms with Crippen LogP contribution in [0.1, 0.15) is 22.5 Å². The van der Waals surface area contributed by atoms with Crippen molar-refractivity contribution < 1.29 is 14.3 Å². The zero-order valence-corrected chi connectivity index (χ0v) is 13.2. The topological polar surface area (TPSA) is 54.3 Å². The summed E-state index contributed by atoms with van der Waals surface area (Å²) in [5.41, 5.74) is 1.90. The molecule has 0 radical (unpaired) electrons. The standard InChI is InChI=1S/C19H19FN2O2/c20-16-8-3-1-7-15(16)13-22-17-9-4-2-6-14(17)12-18(22)19(24)21-10-5-11-23/h1-4,6-9,12,23H,5,10-11,13H2,(H,21,24). The van der Waals surface area contributed by atoms with Crippen LogP contribution in [0.15, 0.2) is 54.6 Å². The fraction of sp³-hybridized carbons (Fsp3) is 0.211. The molecule has 0 aliphatic heterocycles. The predicted molar refractivity (Wildman–Crippen MR) is 91.5 cm³/mol. The quantitative estimate of drug-likeness (QED) is 0.684. The van der Waals surface area contributed by atoms with Gasteiger partial charge in [0.25, 0.3) is 5.91 Å². The van der Waals surface area contributed by atoms with Crippen molar-refractivity contribution in [2.24, 2.45) is 0 Å². The molecule has 0 saturated heterocycles. The molecule has 1 heterocycles. The summed E-state index contributed by atoms with van der Waals surface area (Å²) in [5, 5.41) is 12.6. The van der Waals surface area contributed by atoms with E-state index in [2.05, 4.69) is 5.32 Å². The number of hydrogen-bond donors (Lipinski definition) is 2. The SMILES string of the molecule is O=C(NCCCO)c1cc2ccccc2n1Cc1ccccc1F. The summed E-state index contributed by atoms with van der Waals surface area (Å²) in [7, 11) is 0. The number of fused-ring (bicyclic) bond motifs is 1. The molecule has 0 unspecified atom stereocenters. The number of nitrogens with one attached hydrogen (secondary N) is 1. The van der Waals surface area contributed by atoms with Crippen LogP contribution in [-0.4, -0.2) is 28.7 Å². The largest absolute Gasteiger partial charge is 0.396 e. The van der Waals surface area contributed by atoms with Gasteiger partial charge < -0.3 is 15.0 Å². The number of aromatic nitrogens is 1. The first kappa shape index (κ1) is 16.2. The van der Waals surface area contributed by atoms with Crippen LogP contribution < -0.4 is 5.32 Å². The maximum Gasteiger partial charge on any atom is 0.267 e. The molecule has 0 spiro atoms. The third kappa shape index (κ3) is 3.31. The van der Waals surface area contributed by atoms with E-state index < -0.39 is 0 Å². The van der Waals surface area contributed by atoms with Crippen LogP contribution in [0.4, 0.5) is 4.39 Å². The monoisotopic (exact) mass is 326 g/mol. The molecule has 0 aliphatic rings. The van der Waals surface area contributed by atoms with Gasteiger partial charge in [-0.1, -0.05) is 36.4 Å². The van der Waals surface area contributed by atoms with Gasteiger partial charge >= 0.3 is 0 Å². The maximum absolute atomic E-state index is 14.0. The molecule has 3 aromatic rings. The smallest absolute Gasteiger partial charge is 0.267 e. The van der Waals surface area contributed by atoms with Crippen molar-refractivity contribution in [3.8, 4) is 0 Å². The van der Waals surface area contributed by atoms with Crippen molar-refractivity contribution in [2.45, 2.75) is 13.0 Å². The van der Waals surface area contributed by atoms with E-state index in [1.54, 1.807) is 18.2 Å². The van der Waals surface area contributed by atoms with Gasteiger partial charge in [-0.05, 0) is 24.6 Å². The second-order valence-electron chi connectivity index (χ2n) is 5.60. The van der Waals surface area contributed by atoms with Crippen molar-refractivity contribution in [3.63, 3.8) is 0 Å². The molecule has 0 fully saturated rings. The van der Waals surface area contributed by atoms with Crippen molar-refractivity contribution >= 4 is 16.8 Å². The van der Waals surface area contributed by atoms with Crippen LogP contribution in [0.2, 0.25) is 0 Å². The van der Waals surface area contributed by atoms with Crippen LogP contribution in [0.25, 0.3) is 10.9 Å². The molecule has 0 atom stereocenters. The molecule has 2 aromatic carbocycles. The average Bonchev–Trinajstić information content (AvgIpc) is 2.96. The molecule has 0 bridgehead atoms. The predicted octanol–water partition coefficient (Wildman–Crippen LogP) is 2.94. The third-order valence-electron chi connectivity index (χ3n) is 3.95. The van der Waals surface area contributed by atoms with Crippen molar-refractivity contribution in [2.75, 3.05) is 13.2 Å². The Kier molecular flexibility index (Phi) is 4.91. The number of aliphatic hydroxyl groups excluding tert-OH is 1. The Morgan fingerprint density at radius 2 is 1.88 bits per heavy atom. The van der Waals surface area contributed by atoms with Gasteiger partial charge in [0.2, 0.25) is 0 Å². The summed E-state index contributed by atoms with van der Waals surface area (Å²) in [4.78, 5) is 12.5. The van der Waals surface area contributed by atoms with Crippen LogP contribution in [0.5, 0.6) is 0 Å². The minimum absolute atomic E-state index is 0.0263. The summed E-state index contributed by atoms with van der Waals surface area (Å²) >= 11 is 0. The fourth-order valence-electron chi connectivity index (χ4n) is 2.74. The summed E-state index contributed by atoms with van der Waals surface area (Å²) < 4.78 is 15.8. The Labute approximate surface area is 139 Å². The second-order valence-corrected chi connectivity index (χ2v) is 5.60. The summed E-state index contributed by atoms with van der Waals surface area (Å²) in [6.07, 6.45) is 0.499. The number of aliphatic hydroxyl groups is 1. The molecule has 1 aromatic heterocycles. The molecule has 1 amide bonds. The van der Waals surface area contributed by atoms with E-state index >= 15 is 0 Å². The Morgan fingerprint density at radius 3 is 2.67 bits per heavy atom. The van der Waals surface area contributed by atoms with Gasteiger partial charge in [-0.25, -0.2) is 4.39 Å². The molecular formula is C19H19FN2O2. The highest BCUT2D eigenvalue weighted by Gasteiger charge is 2.16. The van der Waals surface area contributed by atoms with Crippen molar-refractivity contribution in [1.29, 1.82) is 0 Å². The molecule has 24 heavy (non-hydrogen) atoms. The van der Waals surface area contributed by atoms with Crippen LogP contribution >= 0.6 is 0 Å². The Hall–Kier alpha value is -2.66. The Bertz CT molecular complexity index is 857. The van der Waals surface area contributed by atoms with Crippen molar-refractivity contribution in [1.82, 2.24) is 9.88 Å². The van der Waals surface area contributed by atoms with Gasteiger partial charge in [0.15, 0.2) is 0 Å². The molecule has 0 aliphatic carbocycles. The number of benzene rings is 2.